The number of hydrogen-bond acceptors (Lipinski definition) is 7. The number of benzene rings is 2. The molecule has 9 heteroatoms. The number of hydrogen-bond donors (Lipinski definition) is 1. The van der Waals surface area contributed by atoms with Gasteiger partial charge in [0.05, 0.1) is 18.4 Å². The Bertz CT molecular complexity index is 1420. The molecule has 0 saturated carbocycles. The first-order chi connectivity index (χ1) is 18.3. The van der Waals surface area contributed by atoms with E-state index < -0.39 is 11.9 Å². The highest BCUT2D eigenvalue weighted by molar-refractivity contribution is 6.05. The van der Waals surface area contributed by atoms with E-state index >= 15 is 0 Å². The molecule has 1 aromatic heterocycles. The summed E-state index contributed by atoms with van der Waals surface area (Å²) in [6.45, 7) is 1.72. The van der Waals surface area contributed by atoms with Crippen molar-refractivity contribution >= 4 is 23.7 Å². The van der Waals surface area contributed by atoms with Crippen molar-refractivity contribution in [2.45, 2.75) is 38.5 Å². The molecular weight excluding hydrogens is 484 g/mol. The fourth-order valence-electron chi connectivity index (χ4n) is 5.01. The minimum absolute atomic E-state index is 0.191. The molecule has 2 aromatic carbocycles. The number of carbonyl (C=O) groups is 4. The van der Waals surface area contributed by atoms with Gasteiger partial charge in [-0.25, -0.2) is 4.79 Å². The zero-order chi connectivity index (χ0) is 26.8. The SMILES string of the molecule is COC(=O)c1ccc(CN(C)Cc2ccnc(-c3ccc4c(c3)CN(C3CCC(=O)NC3=O)C4=O)c2)cc1. The van der Waals surface area contributed by atoms with Crippen LogP contribution in [0.25, 0.3) is 11.3 Å². The summed E-state index contributed by atoms with van der Waals surface area (Å²) in [4.78, 5) is 56.7. The number of imide groups is 1. The van der Waals surface area contributed by atoms with Crippen LogP contribution in [0.4, 0.5) is 0 Å². The molecule has 0 aliphatic carbocycles. The number of nitrogens with zero attached hydrogens (tertiary/aromatic N) is 3. The Morgan fingerprint density at radius 2 is 1.82 bits per heavy atom. The number of nitrogens with one attached hydrogen (secondary N) is 1. The van der Waals surface area contributed by atoms with Crippen LogP contribution in [-0.2, 0) is 34.0 Å². The first-order valence-corrected chi connectivity index (χ1v) is 12.4. The first-order valence-electron chi connectivity index (χ1n) is 12.4. The van der Waals surface area contributed by atoms with Gasteiger partial charge in [0.15, 0.2) is 0 Å². The lowest BCUT2D eigenvalue weighted by molar-refractivity contribution is -0.136. The van der Waals surface area contributed by atoms with Crippen molar-refractivity contribution in [2.24, 2.45) is 0 Å². The molecule has 194 valence electrons. The maximum Gasteiger partial charge on any atom is 0.337 e. The second-order valence-corrected chi connectivity index (χ2v) is 9.68. The summed E-state index contributed by atoms with van der Waals surface area (Å²) >= 11 is 0. The Kier molecular flexibility index (Phi) is 7.02. The van der Waals surface area contributed by atoms with Crippen LogP contribution in [0.3, 0.4) is 0 Å². The molecule has 2 aliphatic rings. The molecule has 3 amide bonds. The topological polar surface area (TPSA) is 109 Å². The smallest absolute Gasteiger partial charge is 0.337 e. The number of ether oxygens (including phenoxy) is 1. The van der Waals surface area contributed by atoms with Gasteiger partial charge in [-0.15, -0.1) is 0 Å². The number of amides is 3. The number of rotatable bonds is 7. The molecule has 2 aliphatic heterocycles. The van der Waals surface area contributed by atoms with E-state index in [1.165, 1.54) is 7.11 Å². The molecule has 0 radical (unpaired) electrons. The van der Waals surface area contributed by atoms with E-state index in [-0.39, 0.29) is 24.2 Å². The van der Waals surface area contributed by atoms with Crippen molar-refractivity contribution in [1.82, 2.24) is 20.1 Å². The molecule has 38 heavy (non-hydrogen) atoms. The molecule has 9 nitrogen and oxygen atoms in total. The summed E-state index contributed by atoms with van der Waals surface area (Å²) < 4.78 is 4.75. The molecule has 3 heterocycles. The molecule has 0 bridgehead atoms. The van der Waals surface area contributed by atoms with Crippen LogP contribution in [-0.4, -0.2) is 58.7 Å². The lowest BCUT2D eigenvalue weighted by Crippen LogP contribution is -2.52. The third-order valence-electron chi connectivity index (χ3n) is 6.92. The monoisotopic (exact) mass is 512 g/mol. The summed E-state index contributed by atoms with van der Waals surface area (Å²) in [7, 11) is 3.39. The Hall–Kier alpha value is -4.37. The molecule has 1 saturated heterocycles. The lowest BCUT2D eigenvalue weighted by Gasteiger charge is -2.29. The Labute approximate surface area is 220 Å². The van der Waals surface area contributed by atoms with E-state index in [0.29, 0.717) is 37.2 Å². The molecule has 1 atom stereocenters. The number of piperidine rings is 1. The van der Waals surface area contributed by atoms with Crippen LogP contribution in [0, 0.1) is 0 Å². The van der Waals surface area contributed by atoms with Crippen molar-refractivity contribution in [2.75, 3.05) is 14.2 Å². The zero-order valence-electron chi connectivity index (χ0n) is 21.3. The molecule has 0 spiro atoms. The summed E-state index contributed by atoms with van der Waals surface area (Å²) in [6.07, 6.45) is 2.34. The largest absolute Gasteiger partial charge is 0.465 e. The molecule has 1 N–H and O–H groups in total. The molecule has 5 rings (SSSR count). The average Bonchev–Trinajstić information content (AvgIpc) is 3.24. The van der Waals surface area contributed by atoms with E-state index in [9.17, 15) is 19.2 Å². The van der Waals surface area contributed by atoms with Gasteiger partial charge in [-0.05, 0) is 66.6 Å². The number of fused-ring (bicyclic) bond motifs is 1. The van der Waals surface area contributed by atoms with E-state index in [1.54, 1.807) is 29.3 Å². The highest BCUT2D eigenvalue weighted by Crippen LogP contribution is 2.31. The van der Waals surface area contributed by atoms with Crippen LogP contribution in [0.15, 0.2) is 60.8 Å². The van der Waals surface area contributed by atoms with Crippen molar-refractivity contribution in [1.29, 1.82) is 0 Å². The second kappa shape index (κ2) is 10.5. The summed E-state index contributed by atoms with van der Waals surface area (Å²) in [5, 5.41) is 2.33. The Morgan fingerprint density at radius 1 is 1.05 bits per heavy atom. The number of esters is 1. The zero-order valence-corrected chi connectivity index (χ0v) is 21.3. The van der Waals surface area contributed by atoms with Crippen molar-refractivity contribution in [3.63, 3.8) is 0 Å². The summed E-state index contributed by atoms with van der Waals surface area (Å²) in [6, 6.07) is 16.4. The highest BCUT2D eigenvalue weighted by atomic mass is 16.5. The van der Waals surface area contributed by atoms with Gasteiger partial charge in [0.25, 0.3) is 5.91 Å². The van der Waals surface area contributed by atoms with Gasteiger partial charge < -0.3 is 9.64 Å². The van der Waals surface area contributed by atoms with Crippen molar-refractivity contribution in [3.05, 3.63) is 88.6 Å². The van der Waals surface area contributed by atoms with Crippen LogP contribution in [0.1, 0.15) is 50.2 Å². The quantitative estimate of drug-likeness (QED) is 0.383. The predicted octanol–water partition coefficient (Wildman–Crippen LogP) is 2.93. The molecular formula is C29H28N4O5. The lowest BCUT2D eigenvalue weighted by atomic mass is 10.0. The van der Waals surface area contributed by atoms with Gasteiger partial charge in [-0.3, -0.25) is 29.6 Å². The van der Waals surface area contributed by atoms with E-state index in [2.05, 4.69) is 15.2 Å². The van der Waals surface area contributed by atoms with Crippen molar-refractivity contribution < 1.29 is 23.9 Å². The van der Waals surface area contributed by atoms with Gasteiger partial charge in [-0.1, -0.05) is 18.2 Å². The van der Waals surface area contributed by atoms with Gasteiger partial charge in [-0.2, -0.15) is 0 Å². The van der Waals surface area contributed by atoms with E-state index in [0.717, 1.165) is 27.9 Å². The number of aromatic nitrogens is 1. The van der Waals surface area contributed by atoms with Crippen LogP contribution < -0.4 is 5.32 Å². The average molecular weight is 513 g/mol. The normalized spacial score (nSPS) is 17.0. The maximum absolute atomic E-state index is 13.0. The van der Waals surface area contributed by atoms with E-state index in [1.807, 2.05) is 43.4 Å². The van der Waals surface area contributed by atoms with Gasteiger partial charge in [0.1, 0.15) is 6.04 Å². The number of pyridine rings is 1. The van der Waals surface area contributed by atoms with E-state index in [4.69, 9.17) is 4.74 Å². The van der Waals surface area contributed by atoms with Gasteiger partial charge in [0.2, 0.25) is 11.8 Å². The van der Waals surface area contributed by atoms with Gasteiger partial charge >= 0.3 is 5.97 Å². The summed E-state index contributed by atoms with van der Waals surface area (Å²) in [5.74, 6) is -1.26. The number of methoxy groups -OCH3 is 1. The third kappa shape index (κ3) is 5.19. The summed E-state index contributed by atoms with van der Waals surface area (Å²) in [5.41, 5.74) is 5.81. The minimum Gasteiger partial charge on any atom is -0.465 e. The van der Waals surface area contributed by atoms with Crippen LogP contribution in [0.2, 0.25) is 0 Å². The fraction of sp³-hybridized carbons (Fsp3) is 0.276. The third-order valence-corrected chi connectivity index (χ3v) is 6.92. The highest BCUT2D eigenvalue weighted by Gasteiger charge is 2.39. The maximum atomic E-state index is 13.0. The Morgan fingerprint density at radius 3 is 2.55 bits per heavy atom. The van der Waals surface area contributed by atoms with Gasteiger partial charge in [0, 0.05) is 43.4 Å². The molecule has 1 unspecified atom stereocenters. The molecule has 1 fully saturated rings. The minimum atomic E-state index is -0.635. The van der Waals surface area contributed by atoms with Crippen LogP contribution in [0.5, 0.6) is 0 Å². The van der Waals surface area contributed by atoms with Crippen molar-refractivity contribution in [3.8, 4) is 11.3 Å². The standard InChI is InChI=1S/C29H28N4O5/c1-32(15-18-3-5-20(6-4-18)29(37)38-2)16-19-11-12-30-24(13-19)21-7-8-23-22(14-21)17-33(28(23)36)25-9-10-26(34)31-27(25)35/h3-8,11-14,25H,9-10,15-17H2,1-2H3,(H,31,34,35). The predicted molar refractivity (Wildman–Crippen MR) is 139 cm³/mol. The first kappa shape index (κ1) is 25.3. The Balaban J connectivity index is 1.27. The molecule has 3 aromatic rings. The second-order valence-electron chi connectivity index (χ2n) is 9.68. The van der Waals surface area contributed by atoms with Crippen LogP contribution >= 0.6 is 0 Å². The fourth-order valence-corrected chi connectivity index (χ4v) is 5.01. The number of carbonyl (C=O) groups excluding carboxylic acids is 4.